The van der Waals surface area contributed by atoms with Crippen molar-refractivity contribution in [3.8, 4) is 0 Å². The maximum atomic E-state index is 11.5. The standard InChI is InChI=1S/C9H13ClN2O2S/c1-2-3-7-15(13,14)12-9-6-4-5-8(10)11-9/h4-6H,2-3,7H2,1H3,(H,11,12). The van der Waals surface area contributed by atoms with Gasteiger partial charge in [-0.25, -0.2) is 13.4 Å². The Kier molecular flexibility index (Phi) is 4.35. The second kappa shape index (κ2) is 5.32. The number of aromatic nitrogens is 1. The van der Waals surface area contributed by atoms with E-state index >= 15 is 0 Å². The van der Waals surface area contributed by atoms with Crippen LogP contribution in [-0.2, 0) is 10.0 Å². The largest absolute Gasteiger partial charge is 0.267 e. The van der Waals surface area contributed by atoms with Crippen molar-refractivity contribution >= 4 is 27.4 Å². The first-order valence-electron chi connectivity index (χ1n) is 4.66. The number of nitrogens with zero attached hydrogens (tertiary/aromatic N) is 1. The molecule has 0 saturated heterocycles. The van der Waals surface area contributed by atoms with Crippen LogP contribution in [0.25, 0.3) is 0 Å². The zero-order valence-electron chi connectivity index (χ0n) is 8.40. The van der Waals surface area contributed by atoms with Gasteiger partial charge in [0.25, 0.3) is 0 Å². The molecule has 0 unspecified atom stereocenters. The summed E-state index contributed by atoms with van der Waals surface area (Å²) < 4.78 is 25.3. The number of sulfonamides is 1. The second-order valence-electron chi connectivity index (χ2n) is 3.12. The van der Waals surface area contributed by atoms with E-state index in [-0.39, 0.29) is 16.7 Å². The molecule has 6 heteroatoms. The zero-order valence-corrected chi connectivity index (χ0v) is 9.98. The van der Waals surface area contributed by atoms with E-state index in [2.05, 4.69) is 9.71 Å². The number of rotatable bonds is 5. The lowest BCUT2D eigenvalue weighted by Gasteiger charge is -2.06. The number of halogens is 1. The Bertz CT molecular complexity index is 420. The van der Waals surface area contributed by atoms with Crippen molar-refractivity contribution in [3.05, 3.63) is 23.4 Å². The van der Waals surface area contributed by atoms with Crippen molar-refractivity contribution in [2.75, 3.05) is 10.5 Å². The lowest BCUT2D eigenvalue weighted by molar-refractivity contribution is 0.597. The molecule has 1 aromatic heterocycles. The SMILES string of the molecule is CCCCS(=O)(=O)Nc1cccc(Cl)n1. The van der Waals surface area contributed by atoms with Gasteiger partial charge in [0.15, 0.2) is 0 Å². The van der Waals surface area contributed by atoms with Crippen molar-refractivity contribution < 1.29 is 8.42 Å². The van der Waals surface area contributed by atoms with Gasteiger partial charge in [-0.15, -0.1) is 0 Å². The van der Waals surface area contributed by atoms with Gasteiger partial charge in [-0.2, -0.15) is 0 Å². The minimum Gasteiger partial charge on any atom is -0.267 e. The number of hydrogen-bond acceptors (Lipinski definition) is 3. The molecule has 0 atom stereocenters. The Labute approximate surface area is 94.7 Å². The van der Waals surface area contributed by atoms with Crippen LogP contribution in [0, 0.1) is 0 Å². The molecule has 0 saturated carbocycles. The Morgan fingerprint density at radius 2 is 2.20 bits per heavy atom. The number of hydrogen-bond donors (Lipinski definition) is 1. The summed E-state index contributed by atoms with van der Waals surface area (Å²) in [5.74, 6) is 0.371. The van der Waals surface area contributed by atoms with Crippen LogP contribution < -0.4 is 4.72 Å². The Hall–Kier alpha value is -0.810. The third-order valence-corrected chi connectivity index (χ3v) is 3.30. The number of pyridine rings is 1. The first-order valence-corrected chi connectivity index (χ1v) is 6.69. The summed E-state index contributed by atoms with van der Waals surface area (Å²) in [7, 11) is -3.28. The van der Waals surface area contributed by atoms with Crippen LogP contribution in [0.5, 0.6) is 0 Å². The van der Waals surface area contributed by atoms with Gasteiger partial charge in [-0.1, -0.05) is 31.0 Å². The fraction of sp³-hybridized carbons (Fsp3) is 0.444. The van der Waals surface area contributed by atoms with Gasteiger partial charge in [0.2, 0.25) is 10.0 Å². The minimum atomic E-state index is -3.28. The van der Waals surface area contributed by atoms with Crippen LogP contribution in [0.15, 0.2) is 18.2 Å². The number of unbranched alkanes of at least 4 members (excludes halogenated alkanes) is 1. The molecule has 1 rings (SSSR count). The second-order valence-corrected chi connectivity index (χ2v) is 5.35. The molecule has 4 nitrogen and oxygen atoms in total. The third kappa shape index (κ3) is 4.48. The molecule has 0 aromatic carbocycles. The molecule has 1 aromatic rings. The topological polar surface area (TPSA) is 59.1 Å². The normalized spacial score (nSPS) is 11.3. The number of anilines is 1. The highest BCUT2D eigenvalue weighted by atomic mass is 35.5. The van der Waals surface area contributed by atoms with Crippen molar-refractivity contribution in [3.63, 3.8) is 0 Å². The van der Waals surface area contributed by atoms with Crippen LogP contribution in [0.4, 0.5) is 5.82 Å². The fourth-order valence-corrected chi connectivity index (χ4v) is 2.38. The maximum absolute atomic E-state index is 11.5. The third-order valence-electron chi connectivity index (χ3n) is 1.74. The van der Waals surface area contributed by atoms with Crippen LogP contribution in [0.2, 0.25) is 5.15 Å². The summed E-state index contributed by atoms with van der Waals surface area (Å²) in [6.45, 7) is 1.94. The van der Waals surface area contributed by atoms with Gasteiger partial charge in [0.1, 0.15) is 11.0 Å². The van der Waals surface area contributed by atoms with Gasteiger partial charge < -0.3 is 0 Å². The highest BCUT2D eigenvalue weighted by Crippen LogP contribution is 2.11. The highest BCUT2D eigenvalue weighted by molar-refractivity contribution is 7.92. The lowest BCUT2D eigenvalue weighted by Crippen LogP contribution is -2.17. The molecule has 15 heavy (non-hydrogen) atoms. The molecule has 0 radical (unpaired) electrons. The Morgan fingerprint density at radius 3 is 2.80 bits per heavy atom. The fourth-order valence-electron chi connectivity index (χ4n) is 1.01. The molecular weight excluding hydrogens is 236 g/mol. The Balaban J connectivity index is 2.69. The molecule has 0 aliphatic rings. The molecule has 1 heterocycles. The minimum absolute atomic E-state index is 0.109. The predicted octanol–water partition coefficient (Wildman–Crippen LogP) is 2.28. The van der Waals surface area contributed by atoms with Gasteiger partial charge in [0, 0.05) is 0 Å². The van der Waals surface area contributed by atoms with Gasteiger partial charge >= 0.3 is 0 Å². The lowest BCUT2D eigenvalue weighted by atomic mass is 10.4. The van der Waals surface area contributed by atoms with E-state index in [1.54, 1.807) is 18.2 Å². The smallest absolute Gasteiger partial charge is 0.233 e. The van der Waals surface area contributed by atoms with Crippen LogP contribution in [0.1, 0.15) is 19.8 Å². The van der Waals surface area contributed by atoms with Gasteiger partial charge in [0.05, 0.1) is 5.75 Å². The van der Waals surface area contributed by atoms with E-state index in [0.29, 0.717) is 6.42 Å². The first kappa shape index (κ1) is 12.3. The molecule has 0 bridgehead atoms. The highest BCUT2D eigenvalue weighted by Gasteiger charge is 2.09. The molecular formula is C9H13ClN2O2S. The quantitative estimate of drug-likeness (QED) is 0.814. The first-order chi connectivity index (χ1) is 7.03. The van der Waals surface area contributed by atoms with Crippen LogP contribution in [-0.4, -0.2) is 19.2 Å². The van der Waals surface area contributed by atoms with E-state index in [1.165, 1.54) is 0 Å². The van der Waals surface area contributed by atoms with Crippen molar-refractivity contribution in [1.82, 2.24) is 4.98 Å². The average Bonchev–Trinajstić information content (AvgIpc) is 2.14. The monoisotopic (exact) mass is 248 g/mol. The van der Waals surface area contributed by atoms with E-state index < -0.39 is 10.0 Å². The van der Waals surface area contributed by atoms with E-state index in [4.69, 9.17) is 11.6 Å². The average molecular weight is 249 g/mol. The van der Waals surface area contributed by atoms with E-state index in [0.717, 1.165) is 6.42 Å². The molecule has 0 fully saturated rings. The molecule has 84 valence electrons. The van der Waals surface area contributed by atoms with E-state index in [1.807, 2.05) is 6.92 Å². The van der Waals surface area contributed by atoms with Crippen molar-refractivity contribution in [2.24, 2.45) is 0 Å². The maximum Gasteiger partial charge on any atom is 0.233 e. The van der Waals surface area contributed by atoms with E-state index in [9.17, 15) is 8.42 Å². The molecule has 0 amide bonds. The van der Waals surface area contributed by atoms with Gasteiger partial charge in [-0.05, 0) is 18.6 Å². The van der Waals surface area contributed by atoms with Gasteiger partial charge in [-0.3, -0.25) is 4.72 Å². The number of nitrogens with one attached hydrogen (secondary N) is 1. The molecule has 0 aliphatic heterocycles. The Morgan fingerprint density at radius 1 is 1.47 bits per heavy atom. The summed E-state index contributed by atoms with van der Waals surface area (Å²) in [6.07, 6.45) is 1.47. The molecule has 0 aliphatic carbocycles. The van der Waals surface area contributed by atoms with Crippen LogP contribution >= 0.6 is 11.6 Å². The summed E-state index contributed by atoms with van der Waals surface area (Å²) in [6, 6.07) is 4.80. The van der Waals surface area contributed by atoms with Crippen molar-refractivity contribution in [2.45, 2.75) is 19.8 Å². The summed E-state index contributed by atoms with van der Waals surface area (Å²) >= 11 is 5.63. The summed E-state index contributed by atoms with van der Waals surface area (Å²) in [4.78, 5) is 3.84. The predicted molar refractivity (Wildman–Crippen MR) is 61.6 cm³/mol. The van der Waals surface area contributed by atoms with Crippen LogP contribution in [0.3, 0.4) is 0 Å². The molecule has 0 spiro atoms. The summed E-state index contributed by atoms with van der Waals surface area (Å²) in [5.41, 5.74) is 0. The molecule has 1 N–H and O–H groups in total. The summed E-state index contributed by atoms with van der Waals surface area (Å²) in [5, 5.41) is 0.269. The zero-order chi connectivity index (χ0) is 11.3. The van der Waals surface area contributed by atoms with Crippen molar-refractivity contribution in [1.29, 1.82) is 0 Å².